The van der Waals surface area contributed by atoms with E-state index >= 15 is 0 Å². The molecule has 1 spiro atoms. The molecule has 0 bridgehead atoms. The third-order valence-corrected chi connectivity index (χ3v) is 7.97. The van der Waals surface area contributed by atoms with Gasteiger partial charge in [-0.1, -0.05) is 0 Å². The van der Waals surface area contributed by atoms with Crippen molar-refractivity contribution in [2.75, 3.05) is 19.6 Å². The second-order valence-corrected chi connectivity index (χ2v) is 10.9. The van der Waals surface area contributed by atoms with Gasteiger partial charge in [0.25, 0.3) is 0 Å². The molecule has 0 aliphatic carbocycles. The normalized spacial score (nSPS) is 22.2. The van der Waals surface area contributed by atoms with Gasteiger partial charge in [-0.05, 0) is 39.3 Å². The zero-order valence-corrected chi connectivity index (χ0v) is 21.0. The summed E-state index contributed by atoms with van der Waals surface area (Å²) in [6.45, 7) is 7.99. The largest absolute Gasteiger partial charge is 0.341 e. The number of amides is 2. The zero-order valence-electron chi connectivity index (χ0n) is 20.1. The fourth-order valence-corrected chi connectivity index (χ4v) is 5.83. The summed E-state index contributed by atoms with van der Waals surface area (Å²) in [5.41, 5.74) is 1.53. The van der Waals surface area contributed by atoms with E-state index in [-0.39, 0.29) is 30.2 Å². The lowest BCUT2D eigenvalue weighted by molar-refractivity contribution is -0.137. The van der Waals surface area contributed by atoms with Gasteiger partial charge >= 0.3 is 0 Å². The molecule has 3 aromatic heterocycles. The molecule has 3 aromatic rings. The van der Waals surface area contributed by atoms with Crippen LogP contribution in [0.15, 0.2) is 36.2 Å². The molecule has 0 saturated carbocycles. The van der Waals surface area contributed by atoms with E-state index in [2.05, 4.69) is 28.8 Å². The number of thiazole rings is 1. The fraction of sp³-hybridized carbons (Fsp3) is 0.480. The van der Waals surface area contributed by atoms with E-state index in [1.807, 2.05) is 28.0 Å². The van der Waals surface area contributed by atoms with Crippen LogP contribution in [0, 0.1) is 18.2 Å². The molecule has 5 rings (SSSR count). The Labute approximate surface area is 207 Å². The number of likely N-dealkylation sites (tertiary alicyclic amines) is 2. The van der Waals surface area contributed by atoms with Gasteiger partial charge in [0, 0.05) is 48.9 Å². The number of carbonyl (C=O) groups is 2. The second kappa shape index (κ2) is 9.14. The van der Waals surface area contributed by atoms with E-state index in [4.69, 9.17) is 0 Å². The molecule has 0 N–H and O–H groups in total. The SMILES string of the molecule is Cc1nc(CN2CCC3(CN(C(=O)Cc4ccc(F)cn4)CC3c3cn(C(C)C)cn3)C2=O)cs1. The molecule has 2 unspecified atom stereocenters. The van der Waals surface area contributed by atoms with Crippen molar-refractivity contribution in [1.82, 2.24) is 29.3 Å². The number of nitrogens with zero attached hydrogens (tertiary/aromatic N) is 6. The molecule has 2 saturated heterocycles. The summed E-state index contributed by atoms with van der Waals surface area (Å²) in [6.07, 6.45) is 5.66. The van der Waals surface area contributed by atoms with Crippen molar-refractivity contribution in [2.24, 2.45) is 5.41 Å². The molecule has 10 heteroatoms. The third kappa shape index (κ3) is 4.47. The molecule has 2 amide bonds. The minimum Gasteiger partial charge on any atom is -0.341 e. The first-order valence-corrected chi connectivity index (χ1v) is 12.7. The molecule has 2 aliphatic rings. The maximum atomic E-state index is 13.9. The first kappa shape index (κ1) is 23.6. The van der Waals surface area contributed by atoms with Crippen molar-refractivity contribution in [2.45, 2.75) is 52.1 Å². The molecular weight excluding hydrogens is 467 g/mol. The van der Waals surface area contributed by atoms with Gasteiger partial charge in [-0.25, -0.2) is 14.4 Å². The fourth-order valence-electron chi connectivity index (χ4n) is 5.22. The van der Waals surface area contributed by atoms with Gasteiger partial charge in [-0.15, -0.1) is 11.3 Å². The Hall–Kier alpha value is -3.14. The van der Waals surface area contributed by atoms with Gasteiger partial charge in [-0.3, -0.25) is 14.6 Å². The van der Waals surface area contributed by atoms with E-state index < -0.39 is 11.2 Å². The number of aromatic nitrogens is 4. The number of hydrogen-bond acceptors (Lipinski definition) is 6. The lowest BCUT2D eigenvalue weighted by Crippen LogP contribution is -2.40. The number of pyridine rings is 1. The summed E-state index contributed by atoms with van der Waals surface area (Å²) in [5, 5.41) is 2.97. The van der Waals surface area contributed by atoms with Crippen LogP contribution in [-0.2, 0) is 22.6 Å². The maximum absolute atomic E-state index is 13.9. The highest BCUT2D eigenvalue weighted by molar-refractivity contribution is 7.09. The first-order valence-electron chi connectivity index (χ1n) is 11.9. The molecule has 2 fully saturated rings. The van der Waals surface area contributed by atoms with Gasteiger partial charge < -0.3 is 14.4 Å². The first-order chi connectivity index (χ1) is 16.7. The Morgan fingerprint density at radius 2 is 2.11 bits per heavy atom. The van der Waals surface area contributed by atoms with E-state index in [0.717, 1.165) is 22.6 Å². The van der Waals surface area contributed by atoms with Crippen LogP contribution < -0.4 is 0 Å². The Morgan fingerprint density at radius 3 is 2.77 bits per heavy atom. The highest BCUT2D eigenvalue weighted by Crippen LogP contribution is 2.50. The van der Waals surface area contributed by atoms with Crippen LogP contribution in [0.1, 0.15) is 54.3 Å². The summed E-state index contributed by atoms with van der Waals surface area (Å²) in [5.74, 6) is -0.686. The van der Waals surface area contributed by atoms with E-state index in [0.29, 0.717) is 38.3 Å². The maximum Gasteiger partial charge on any atom is 0.231 e. The van der Waals surface area contributed by atoms with Crippen molar-refractivity contribution in [1.29, 1.82) is 0 Å². The van der Waals surface area contributed by atoms with E-state index in [9.17, 15) is 14.0 Å². The van der Waals surface area contributed by atoms with Crippen LogP contribution in [0.3, 0.4) is 0 Å². The number of carbonyl (C=O) groups excluding carboxylic acids is 2. The van der Waals surface area contributed by atoms with Crippen molar-refractivity contribution in [3.05, 3.63) is 64.1 Å². The molecular formula is C25H29FN6O2S. The predicted octanol–water partition coefficient (Wildman–Crippen LogP) is 3.35. The summed E-state index contributed by atoms with van der Waals surface area (Å²) < 4.78 is 15.3. The lowest BCUT2D eigenvalue weighted by atomic mass is 9.75. The van der Waals surface area contributed by atoms with E-state index in [1.165, 1.54) is 12.1 Å². The van der Waals surface area contributed by atoms with Crippen LogP contribution in [0.2, 0.25) is 0 Å². The third-order valence-electron chi connectivity index (χ3n) is 7.15. The smallest absolute Gasteiger partial charge is 0.231 e. The lowest BCUT2D eigenvalue weighted by Gasteiger charge is -2.27. The second-order valence-electron chi connectivity index (χ2n) is 9.80. The summed E-state index contributed by atoms with van der Waals surface area (Å²) in [4.78, 5) is 44.0. The molecule has 184 valence electrons. The van der Waals surface area contributed by atoms with Gasteiger partial charge in [-0.2, -0.15) is 0 Å². The Bertz CT molecular complexity index is 1240. The molecule has 2 aliphatic heterocycles. The number of rotatable bonds is 6. The summed E-state index contributed by atoms with van der Waals surface area (Å²) in [6, 6.07) is 3.08. The van der Waals surface area contributed by atoms with E-state index in [1.54, 1.807) is 22.6 Å². The molecule has 0 radical (unpaired) electrons. The number of aryl methyl sites for hydroxylation is 1. The van der Waals surface area contributed by atoms with Crippen molar-refractivity contribution in [3.63, 3.8) is 0 Å². The van der Waals surface area contributed by atoms with Crippen LogP contribution in [-0.4, -0.2) is 60.8 Å². The molecule has 2 atom stereocenters. The van der Waals surface area contributed by atoms with Gasteiger partial charge in [0.2, 0.25) is 11.8 Å². The van der Waals surface area contributed by atoms with Crippen LogP contribution in [0.4, 0.5) is 4.39 Å². The van der Waals surface area contributed by atoms with Crippen LogP contribution >= 0.6 is 11.3 Å². The predicted molar refractivity (Wildman–Crippen MR) is 129 cm³/mol. The highest BCUT2D eigenvalue weighted by atomic mass is 32.1. The van der Waals surface area contributed by atoms with Crippen molar-refractivity contribution in [3.8, 4) is 0 Å². The minimum atomic E-state index is -0.715. The number of imidazole rings is 1. The highest BCUT2D eigenvalue weighted by Gasteiger charge is 2.58. The van der Waals surface area contributed by atoms with Crippen LogP contribution in [0.5, 0.6) is 0 Å². The van der Waals surface area contributed by atoms with Crippen molar-refractivity contribution < 1.29 is 14.0 Å². The van der Waals surface area contributed by atoms with Crippen molar-refractivity contribution >= 4 is 23.2 Å². The van der Waals surface area contributed by atoms with Gasteiger partial charge in [0.15, 0.2) is 0 Å². The van der Waals surface area contributed by atoms with Gasteiger partial charge in [0.1, 0.15) is 5.82 Å². The number of halogens is 1. The Morgan fingerprint density at radius 1 is 1.29 bits per heavy atom. The zero-order chi connectivity index (χ0) is 24.7. The molecule has 5 heterocycles. The number of hydrogen-bond donors (Lipinski definition) is 0. The average molecular weight is 497 g/mol. The standard InChI is InChI=1S/C25H29FN6O2S/c1-16(2)32-12-22(28-15-32)21-11-31(23(33)8-19-5-4-18(26)9-27-19)14-25(21)6-7-30(24(25)34)10-20-13-35-17(3)29-20/h4-5,9,12-13,15-16,21H,6-8,10-11,14H2,1-3H3. The molecule has 8 nitrogen and oxygen atoms in total. The average Bonchev–Trinajstić information content (AvgIpc) is 3.60. The monoisotopic (exact) mass is 496 g/mol. The van der Waals surface area contributed by atoms with Gasteiger partial charge in [0.05, 0.1) is 47.3 Å². The molecule has 35 heavy (non-hydrogen) atoms. The van der Waals surface area contributed by atoms with Crippen LogP contribution in [0.25, 0.3) is 0 Å². The Kier molecular flexibility index (Phi) is 6.16. The Balaban J connectivity index is 1.41. The topological polar surface area (TPSA) is 84.2 Å². The summed E-state index contributed by atoms with van der Waals surface area (Å²) >= 11 is 1.58. The summed E-state index contributed by atoms with van der Waals surface area (Å²) in [7, 11) is 0. The molecule has 0 aromatic carbocycles. The quantitative estimate of drug-likeness (QED) is 0.523. The minimum absolute atomic E-state index is 0.0578.